The van der Waals surface area contributed by atoms with E-state index in [9.17, 15) is 4.79 Å². The standard InChI is InChI=1S/C30H36N2O3S/c1-20(2)24-12-9-13-25(21(3)4)28(24)31-30(33)32-16-17-36-29(32)23-14-15-26(27(18-23)34-5)35-19-22-10-7-6-8-11-22/h6-15,18,20-21,29H,16-17,19H2,1-5H3,(H,31,33). The molecule has 1 N–H and O–H groups in total. The highest BCUT2D eigenvalue weighted by Gasteiger charge is 2.32. The first-order valence-corrected chi connectivity index (χ1v) is 13.6. The molecule has 5 nitrogen and oxygen atoms in total. The number of nitrogens with one attached hydrogen (secondary N) is 1. The molecule has 3 aromatic carbocycles. The number of thioether (sulfide) groups is 1. The topological polar surface area (TPSA) is 50.8 Å². The van der Waals surface area contributed by atoms with Gasteiger partial charge in [-0.05, 0) is 46.2 Å². The molecule has 4 rings (SSSR count). The van der Waals surface area contributed by atoms with Crippen LogP contribution in [0.2, 0.25) is 0 Å². The number of benzene rings is 3. The zero-order chi connectivity index (χ0) is 25.7. The van der Waals surface area contributed by atoms with Gasteiger partial charge in [0, 0.05) is 18.0 Å². The van der Waals surface area contributed by atoms with Gasteiger partial charge < -0.3 is 19.7 Å². The van der Waals surface area contributed by atoms with E-state index in [0.717, 1.165) is 22.6 Å². The van der Waals surface area contributed by atoms with E-state index >= 15 is 0 Å². The molecule has 36 heavy (non-hydrogen) atoms. The number of rotatable bonds is 8. The van der Waals surface area contributed by atoms with Crippen molar-refractivity contribution in [2.24, 2.45) is 0 Å². The van der Waals surface area contributed by atoms with Gasteiger partial charge in [0.25, 0.3) is 0 Å². The fourth-order valence-corrected chi connectivity index (χ4v) is 5.77. The van der Waals surface area contributed by atoms with E-state index in [2.05, 4.69) is 51.2 Å². The second kappa shape index (κ2) is 11.7. The molecule has 6 heteroatoms. The molecule has 0 radical (unpaired) electrons. The average Bonchev–Trinajstić information content (AvgIpc) is 3.38. The van der Waals surface area contributed by atoms with Gasteiger partial charge in [0.05, 0.1) is 7.11 Å². The van der Waals surface area contributed by atoms with Gasteiger partial charge in [0.2, 0.25) is 0 Å². The van der Waals surface area contributed by atoms with E-state index in [4.69, 9.17) is 9.47 Å². The normalized spacial score (nSPS) is 15.4. The van der Waals surface area contributed by atoms with Gasteiger partial charge in [-0.3, -0.25) is 0 Å². The van der Waals surface area contributed by atoms with E-state index in [0.29, 0.717) is 36.5 Å². The molecule has 2 amide bonds. The van der Waals surface area contributed by atoms with Crippen LogP contribution >= 0.6 is 11.8 Å². The Morgan fingerprint density at radius 1 is 0.972 bits per heavy atom. The van der Waals surface area contributed by atoms with Crippen molar-refractivity contribution in [1.82, 2.24) is 4.90 Å². The van der Waals surface area contributed by atoms with Crippen molar-refractivity contribution in [1.29, 1.82) is 0 Å². The Morgan fingerprint density at radius 3 is 2.31 bits per heavy atom. The number of nitrogens with zero attached hydrogens (tertiary/aromatic N) is 1. The summed E-state index contributed by atoms with van der Waals surface area (Å²) >= 11 is 1.77. The summed E-state index contributed by atoms with van der Waals surface area (Å²) in [6.07, 6.45) is 0. The van der Waals surface area contributed by atoms with Crippen molar-refractivity contribution in [3.8, 4) is 11.5 Å². The number of ether oxygens (including phenoxy) is 2. The van der Waals surface area contributed by atoms with Crippen LogP contribution < -0.4 is 14.8 Å². The van der Waals surface area contributed by atoms with E-state index in [1.165, 1.54) is 11.1 Å². The minimum atomic E-state index is -0.0872. The number of carbonyl (C=O) groups is 1. The second-order valence-corrected chi connectivity index (χ2v) is 10.8. The first-order valence-electron chi connectivity index (χ1n) is 12.6. The zero-order valence-electron chi connectivity index (χ0n) is 21.8. The lowest BCUT2D eigenvalue weighted by atomic mass is 9.93. The maximum absolute atomic E-state index is 13.6. The van der Waals surface area contributed by atoms with E-state index < -0.39 is 0 Å². The Balaban J connectivity index is 1.54. The minimum Gasteiger partial charge on any atom is -0.493 e. The Bertz CT molecular complexity index is 1150. The van der Waals surface area contributed by atoms with Crippen molar-refractivity contribution in [3.05, 3.63) is 89.0 Å². The van der Waals surface area contributed by atoms with Gasteiger partial charge in [-0.15, -0.1) is 11.8 Å². The first kappa shape index (κ1) is 26.0. The van der Waals surface area contributed by atoms with Crippen LogP contribution in [0.25, 0.3) is 0 Å². The fourth-order valence-electron chi connectivity index (χ4n) is 4.52. The molecule has 1 aliphatic heterocycles. The molecule has 1 atom stereocenters. The number of amides is 2. The Kier molecular flexibility index (Phi) is 8.47. The van der Waals surface area contributed by atoms with Crippen molar-refractivity contribution in [2.75, 3.05) is 24.7 Å². The van der Waals surface area contributed by atoms with Crippen molar-refractivity contribution in [3.63, 3.8) is 0 Å². The highest BCUT2D eigenvalue weighted by molar-refractivity contribution is 7.99. The third kappa shape index (κ3) is 5.81. The first-order chi connectivity index (χ1) is 17.4. The minimum absolute atomic E-state index is 0.0663. The molecule has 1 unspecified atom stereocenters. The van der Waals surface area contributed by atoms with Crippen LogP contribution in [0, 0.1) is 0 Å². The van der Waals surface area contributed by atoms with Crippen LogP contribution in [0.15, 0.2) is 66.7 Å². The number of carbonyl (C=O) groups excluding carboxylic acids is 1. The number of hydrogen-bond donors (Lipinski definition) is 1. The Labute approximate surface area is 219 Å². The maximum atomic E-state index is 13.6. The summed E-state index contributed by atoms with van der Waals surface area (Å²) in [4.78, 5) is 15.5. The van der Waals surface area contributed by atoms with Crippen LogP contribution in [0.1, 0.15) is 67.2 Å². The summed E-state index contributed by atoms with van der Waals surface area (Å²) in [6.45, 7) is 9.82. The lowest BCUT2D eigenvalue weighted by molar-refractivity contribution is 0.214. The van der Waals surface area contributed by atoms with Gasteiger partial charge in [0.15, 0.2) is 11.5 Å². The van der Waals surface area contributed by atoms with Gasteiger partial charge in [-0.25, -0.2) is 4.79 Å². The van der Waals surface area contributed by atoms with Crippen LogP contribution in [-0.2, 0) is 6.61 Å². The Hall–Kier alpha value is -3.12. The molecule has 1 fully saturated rings. The summed E-state index contributed by atoms with van der Waals surface area (Å²) in [7, 11) is 1.65. The van der Waals surface area contributed by atoms with Crippen molar-refractivity contribution >= 4 is 23.5 Å². The summed E-state index contributed by atoms with van der Waals surface area (Å²) in [6, 6.07) is 22.3. The summed E-state index contributed by atoms with van der Waals surface area (Å²) in [5, 5.41) is 3.19. The third-order valence-electron chi connectivity index (χ3n) is 6.47. The second-order valence-electron chi connectivity index (χ2n) is 9.65. The van der Waals surface area contributed by atoms with E-state index in [-0.39, 0.29) is 11.4 Å². The summed E-state index contributed by atoms with van der Waals surface area (Å²) in [5.74, 6) is 2.88. The summed E-state index contributed by atoms with van der Waals surface area (Å²) in [5.41, 5.74) is 5.41. The van der Waals surface area contributed by atoms with E-state index in [1.807, 2.05) is 53.4 Å². The molecule has 0 aliphatic carbocycles. The lowest BCUT2D eigenvalue weighted by Crippen LogP contribution is -2.35. The fraction of sp³-hybridized carbons (Fsp3) is 0.367. The molecule has 190 valence electrons. The van der Waals surface area contributed by atoms with Gasteiger partial charge in [0.1, 0.15) is 12.0 Å². The Morgan fingerprint density at radius 2 is 1.67 bits per heavy atom. The van der Waals surface area contributed by atoms with Crippen molar-refractivity contribution < 1.29 is 14.3 Å². The van der Waals surface area contributed by atoms with E-state index in [1.54, 1.807) is 18.9 Å². The SMILES string of the molecule is COc1cc(C2SCCN2C(=O)Nc2c(C(C)C)cccc2C(C)C)ccc1OCc1ccccc1. The quantitative estimate of drug-likeness (QED) is 0.340. The monoisotopic (exact) mass is 504 g/mol. The zero-order valence-corrected chi connectivity index (χ0v) is 22.6. The van der Waals surface area contributed by atoms with Crippen LogP contribution in [0.4, 0.5) is 10.5 Å². The van der Waals surface area contributed by atoms with Crippen LogP contribution in [0.5, 0.6) is 11.5 Å². The number of methoxy groups -OCH3 is 1. The molecule has 1 aliphatic rings. The number of para-hydroxylation sites is 1. The lowest BCUT2D eigenvalue weighted by Gasteiger charge is -2.27. The van der Waals surface area contributed by atoms with Crippen LogP contribution in [-0.4, -0.2) is 30.3 Å². The average molecular weight is 505 g/mol. The van der Waals surface area contributed by atoms with Crippen molar-refractivity contribution in [2.45, 2.75) is 51.5 Å². The maximum Gasteiger partial charge on any atom is 0.323 e. The van der Waals surface area contributed by atoms with Crippen LogP contribution in [0.3, 0.4) is 0 Å². The number of anilines is 1. The smallest absolute Gasteiger partial charge is 0.323 e. The van der Waals surface area contributed by atoms with Gasteiger partial charge in [-0.2, -0.15) is 0 Å². The number of urea groups is 1. The molecular formula is C30H36N2O3S. The third-order valence-corrected chi connectivity index (χ3v) is 7.73. The molecule has 0 aromatic heterocycles. The van der Waals surface area contributed by atoms with Gasteiger partial charge in [-0.1, -0.05) is 82.3 Å². The largest absolute Gasteiger partial charge is 0.493 e. The molecular weight excluding hydrogens is 468 g/mol. The predicted octanol–water partition coefficient (Wildman–Crippen LogP) is 7.80. The number of hydrogen-bond acceptors (Lipinski definition) is 4. The molecule has 1 heterocycles. The molecule has 0 spiro atoms. The highest BCUT2D eigenvalue weighted by atomic mass is 32.2. The summed E-state index contributed by atoms with van der Waals surface area (Å²) < 4.78 is 11.7. The molecule has 0 bridgehead atoms. The highest BCUT2D eigenvalue weighted by Crippen LogP contribution is 2.42. The molecule has 3 aromatic rings. The molecule has 0 saturated carbocycles. The molecule has 1 saturated heterocycles. The predicted molar refractivity (Wildman–Crippen MR) is 149 cm³/mol. The van der Waals surface area contributed by atoms with Gasteiger partial charge >= 0.3 is 6.03 Å².